The zero-order valence-corrected chi connectivity index (χ0v) is 12.0. The summed E-state index contributed by atoms with van der Waals surface area (Å²) in [5, 5.41) is 3.38. The van der Waals surface area contributed by atoms with Crippen LogP contribution >= 0.6 is 0 Å². The molecule has 2 fully saturated rings. The molecule has 0 amide bonds. The van der Waals surface area contributed by atoms with Gasteiger partial charge in [0.1, 0.15) is 11.6 Å². The topological polar surface area (TPSA) is 41.1 Å². The third-order valence-electron chi connectivity index (χ3n) is 4.55. The van der Waals surface area contributed by atoms with E-state index in [0.717, 1.165) is 38.2 Å². The lowest BCUT2D eigenvalue weighted by atomic mass is 10.1. The minimum atomic E-state index is -0.479. The number of hydrogen-bond acceptors (Lipinski definition) is 4. The van der Waals surface area contributed by atoms with Gasteiger partial charge in [0, 0.05) is 37.4 Å². The van der Waals surface area contributed by atoms with Crippen molar-refractivity contribution in [1.29, 1.82) is 0 Å². The Balaban J connectivity index is 1.70. The van der Waals surface area contributed by atoms with Gasteiger partial charge in [-0.3, -0.25) is 0 Å². The molecule has 1 N–H and O–H groups in total. The molecule has 1 aromatic heterocycles. The average molecular weight is 302 g/mol. The zero-order valence-electron chi connectivity index (χ0n) is 12.0. The summed E-state index contributed by atoms with van der Waals surface area (Å²) in [6, 6.07) is 5.41. The van der Waals surface area contributed by atoms with Crippen molar-refractivity contribution in [2.45, 2.75) is 12.5 Å². The molecular weight excluding hydrogens is 286 g/mol. The van der Waals surface area contributed by atoms with Gasteiger partial charge >= 0.3 is 0 Å². The molecule has 0 saturated carbocycles. The van der Waals surface area contributed by atoms with E-state index in [1.165, 1.54) is 6.07 Å². The van der Waals surface area contributed by atoms with Gasteiger partial charge in [-0.15, -0.1) is 0 Å². The van der Waals surface area contributed by atoms with E-state index >= 15 is 0 Å². The summed E-state index contributed by atoms with van der Waals surface area (Å²) in [7, 11) is 0. The van der Waals surface area contributed by atoms with Gasteiger partial charge in [0.25, 0.3) is 0 Å². The number of aromatic nitrogens is 2. The highest BCUT2D eigenvalue weighted by Crippen LogP contribution is 2.31. The van der Waals surface area contributed by atoms with Gasteiger partial charge in [-0.1, -0.05) is 0 Å². The Hall–Kier alpha value is -2.08. The normalized spacial score (nSPS) is 23.8. The van der Waals surface area contributed by atoms with E-state index in [1.807, 2.05) is 0 Å². The number of benzene rings is 1. The summed E-state index contributed by atoms with van der Waals surface area (Å²) in [4.78, 5) is 11.0. The van der Waals surface area contributed by atoms with E-state index in [-0.39, 0.29) is 5.56 Å². The first kappa shape index (κ1) is 13.6. The molecule has 1 aromatic carbocycles. The second-order valence-corrected chi connectivity index (χ2v) is 5.83. The molecular formula is C16H16F2N4. The Morgan fingerprint density at radius 2 is 2.09 bits per heavy atom. The van der Waals surface area contributed by atoms with Gasteiger partial charge in [-0.05, 0) is 36.6 Å². The molecule has 4 rings (SSSR count). The predicted octanol–water partition coefficient (Wildman–Crippen LogP) is 2.22. The second kappa shape index (κ2) is 5.28. The van der Waals surface area contributed by atoms with Crippen molar-refractivity contribution in [2.75, 3.05) is 24.5 Å². The van der Waals surface area contributed by atoms with Crippen LogP contribution in [0.25, 0.3) is 11.3 Å². The van der Waals surface area contributed by atoms with Crippen molar-refractivity contribution >= 4 is 5.95 Å². The molecule has 0 bridgehead atoms. The average Bonchev–Trinajstić information content (AvgIpc) is 3.13. The third kappa shape index (κ3) is 2.23. The smallest absolute Gasteiger partial charge is 0.226 e. The fourth-order valence-electron chi connectivity index (χ4n) is 3.43. The Bertz CT molecular complexity index is 706. The highest BCUT2D eigenvalue weighted by Gasteiger charge is 2.38. The van der Waals surface area contributed by atoms with Crippen molar-refractivity contribution in [2.24, 2.45) is 5.92 Å². The maximum absolute atomic E-state index is 13.9. The van der Waals surface area contributed by atoms with Gasteiger partial charge in [0.15, 0.2) is 0 Å². The molecule has 4 nitrogen and oxygen atoms in total. The van der Waals surface area contributed by atoms with Crippen LogP contribution < -0.4 is 10.2 Å². The number of hydrogen-bond donors (Lipinski definition) is 1. The van der Waals surface area contributed by atoms with Gasteiger partial charge in [-0.2, -0.15) is 0 Å². The van der Waals surface area contributed by atoms with Crippen LogP contribution in [0.15, 0.2) is 30.5 Å². The van der Waals surface area contributed by atoms with Crippen LogP contribution in [-0.4, -0.2) is 35.6 Å². The quantitative estimate of drug-likeness (QED) is 0.923. The summed E-state index contributed by atoms with van der Waals surface area (Å²) in [6.45, 7) is 2.86. The van der Waals surface area contributed by atoms with Crippen LogP contribution in [0.1, 0.15) is 6.42 Å². The Kier molecular flexibility index (Phi) is 3.26. The molecule has 2 aromatic rings. The van der Waals surface area contributed by atoms with E-state index in [9.17, 15) is 8.78 Å². The molecule has 114 valence electrons. The minimum absolute atomic E-state index is 0.170. The fourth-order valence-corrected chi connectivity index (χ4v) is 3.43. The van der Waals surface area contributed by atoms with Crippen molar-refractivity contribution < 1.29 is 8.78 Å². The standard InChI is InChI=1S/C16H16F2N4/c17-11-1-2-13(18)12(7-11)14-3-5-20-16(21-14)22-6-4-10-8-19-9-15(10)22/h1-3,5,7,10,15,19H,4,6,8-9H2/t10-,15+/m0/s1. The van der Waals surface area contributed by atoms with Gasteiger partial charge in [-0.25, -0.2) is 18.7 Å². The zero-order chi connectivity index (χ0) is 15.1. The minimum Gasteiger partial charge on any atom is -0.336 e. The first-order valence-electron chi connectivity index (χ1n) is 7.48. The summed E-state index contributed by atoms with van der Waals surface area (Å²) < 4.78 is 27.3. The fraction of sp³-hybridized carbons (Fsp3) is 0.375. The van der Waals surface area contributed by atoms with Gasteiger partial charge in [0.05, 0.1) is 5.69 Å². The van der Waals surface area contributed by atoms with E-state index in [4.69, 9.17) is 0 Å². The van der Waals surface area contributed by atoms with Crippen LogP contribution in [-0.2, 0) is 0 Å². The van der Waals surface area contributed by atoms with Crippen molar-refractivity contribution in [3.8, 4) is 11.3 Å². The molecule has 2 saturated heterocycles. The maximum Gasteiger partial charge on any atom is 0.226 e. The molecule has 22 heavy (non-hydrogen) atoms. The Morgan fingerprint density at radius 3 is 3.00 bits per heavy atom. The largest absolute Gasteiger partial charge is 0.336 e. The van der Waals surface area contributed by atoms with Crippen LogP contribution in [0, 0.1) is 17.6 Å². The number of nitrogens with one attached hydrogen (secondary N) is 1. The molecule has 2 aliphatic rings. The highest BCUT2D eigenvalue weighted by molar-refractivity contribution is 5.61. The first-order chi connectivity index (χ1) is 10.7. The summed E-state index contributed by atoms with van der Waals surface area (Å²) in [6.07, 6.45) is 2.72. The number of anilines is 1. The van der Waals surface area contributed by atoms with E-state index in [0.29, 0.717) is 23.6 Å². The van der Waals surface area contributed by atoms with Crippen LogP contribution in [0.3, 0.4) is 0 Å². The molecule has 6 heteroatoms. The number of fused-ring (bicyclic) bond motifs is 1. The molecule has 2 aliphatic heterocycles. The molecule has 2 atom stereocenters. The molecule has 0 radical (unpaired) electrons. The lowest BCUT2D eigenvalue weighted by molar-refractivity contribution is 0.576. The Labute approximate surface area is 127 Å². The van der Waals surface area contributed by atoms with Crippen LogP contribution in [0.2, 0.25) is 0 Å². The number of rotatable bonds is 2. The Morgan fingerprint density at radius 1 is 1.18 bits per heavy atom. The number of nitrogens with zero attached hydrogens (tertiary/aromatic N) is 3. The summed E-state index contributed by atoms with van der Waals surface area (Å²) >= 11 is 0. The number of halogens is 2. The van der Waals surface area contributed by atoms with E-state index < -0.39 is 11.6 Å². The van der Waals surface area contributed by atoms with Crippen molar-refractivity contribution in [3.63, 3.8) is 0 Å². The van der Waals surface area contributed by atoms with E-state index in [1.54, 1.807) is 12.3 Å². The second-order valence-electron chi connectivity index (χ2n) is 5.83. The van der Waals surface area contributed by atoms with E-state index in [2.05, 4.69) is 20.2 Å². The lowest BCUT2D eigenvalue weighted by Gasteiger charge is -2.23. The lowest BCUT2D eigenvalue weighted by Crippen LogP contribution is -2.35. The molecule has 0 aliphatic carbocycles. The monoisotopic (exact) mass is 302 g/mol. The van der Waals surface area contributed by atoms with Crippen LogP contribution in [0.4, 0.5) is 14.7 Å². The van der Waals surface area contributed by atoms with Crippen molar-refractivity contribution in [1.82, 2.24) is 15.3 Å². The van der Waals surface area contributed by atoms with Crippen molar-refractivity contribution in [3.05, 3.63) is 42.1 Å². The summed E-state index contributed by atoms with van der Waals surface area (Å²) in [5.41, 5.74) is 0.584. The van der Waals surface area contributed by atoms with Gasteiger partial charge < -0.3 is 10.2 Å². The predicted molar refractivity (Wildman–Crippen MR) is 79.5 cm³/mol. The van der Waals surface area contributed by atoms with Gasteiger partial charge in [0.2, 0.25) is 5.95 Å². The highest BCUT2D eigenvalue weighted by atomic mass is 19.1. The summed E-state index contributed by atoms with van der Waals surface area (Å²) in [5.74, 6) is 0.265. The SMILES string of the molecule is Fc1ccc(F)c(-c2ccnc(N3CC[C@H]4CNC[C@H]43)n2)c1. The molecule has 3 heterocycles. The maximum atomic E-state index is 13.9. The van der Waals surface area contributed by atoms with Crippen LogP contribution in [0.5, 0.6) is 0 Å². The third-order valence-corrected chi connectivity index (χ3v) is 4.55. The molecule has 0 unspecified atom stereocenters. The first-order valence-corrected chi connectivity index (χ1v) is 7.48. The molecule has 0 spiro atoms.